The molecular formula is C24H36N2O5. The summed E-state index contributed by atoms with van der Waals surface area (Å²) in [6.07, 6.45) is 3.77. The minimum atomic E-state index is -0.626. The lowest BCUT2D eigenvalue weighted by atomic mass is 9.80. The van der Waals surface area contributed by atoms with Crippen LogP contribution in [0.5, 0.6) is 11.5 Å². The molecule has 1 aromatic rings. The van der Waals surface area contributed by atoms with Gasteiger partial charge in [-0.1, -0.05) is 32.4 Å². The van der Waals surface area contributed by atoms with Crippen LogP contribution >= 0.6 is 0 Å². The number of nitrogens with zero attached hydrogens (tertiary/aromatic N) is 2. The van der Waals surface area contributed by atoms with Crippen LogP contribution in [0.4, 0.5) is 0 Å². The van der Waals surface area contributed by atoms with E-state index in [4.69, 9.17) is 14.2 Å². The van der Waals surface area contributed by atoms with Gasteiger partial charge in [-0.15, -0.1) is 0 Å². The number of hydrogen-bond donors (Lipinski definition) is 1. The van der Waals surface area contributed by atoms with Gasteiger partial charge in [0, 0.05) is 26.2 Å². The Hall–Kier alpha value is -1.83. The Bertz CT molecular complexity index is 749. The van der Waals surface area contributed by atoms with E-state index in [0.29, 0.717) is 18.9 Å². The van der Waals surface area contributed by atoms with E-state index < -0.39 is 6.10 Å². The lowest BCUT2D eigenvalue weighted by molar-refractivity contribution is -0.190. The number of hydrogen-bond acceptors (Lipinski definition) is 6. The highest BCUT2D eigenvalue weighted by Crippen LogP contribution is 2.38. The fraction of sp³-hybridized carbons (Fsp3) is 0.708. The summed E-state index contributed by atoms with van der Waals surface area (Å²) in [5.41, 5.74) is -0.263. The SMILES string of the molecule is CCCCN1C(=O)COC2(CCN(CC(O)C3COc4ccccc4O3)CC2)C1CC. The lowest BCUT2D eigenvalue weighted by Gasteiger charge is -2.53. The third-order valence-corrected chi connectivity index (χ3v) is 7.03. The number of likely N-dealkylation sites (tertiary alicyclic amines) is 1. The quantitative estimate of drug-likeness (QED) is 0.714. The molecule has 3 heterocycles. The molecule has 0 saturated carbocycles. The number of para-hydroxylation sites is 2. The van der Waals surface area contributed by atoms with Gasteiger partial charge in [0.1, 0.15) is 19.3 Å². The Kier molecular flexibility index (Phi) is 7.04. The Labute approximate surface area is 185 Å². The average molecular weight is 433 g/mol. The lowest BCUT2D eigenvalue weighted by Crippen LogP contribution is -2.65. The number of aliphatic hydroxyl groups excluding tert-OH is 1. The molecule has 3 aliphatic heterocycles. The molecule has 3 unspecified atom stereocenters. The molecule has 0 aromatic heterocycles. The zero-order valence-electron chi connectivity index (χ0n) is 18.8. The summed E-state index contributed by atoms with van der Waals surface area (Å²) in [5, 5.41) is 10.8. The third-order valence-electron chi connectivity index (χ3n) is 7.03. The van der Waals surface area contributed by atoms with Crippen LogP contribution in [0.25, 0.3) is 0 Å². The van der Waals surface area contributed by atoms with E-state index in [0.717, 1.165) is 57.5 Å². The molecule has 3 atom stereocenters. The Morgan fingerprint density at radius 1 is 1.19 bits per heavy atom. The first-order chi connectivity index (χ1) is 15.1. The number of benzene rings is 1. The molecule has 1 N–H and O–H groups in total. The largest absolute Gasteiger partial charge is 0.486 e. The van der Waals surface area contributed by atoms with Gasteiger partial charge in [0.15, 0.2) is 17.6 Å². The molecule has 0 bridgehead atoms. The van der Waals surface area contributed by atoms with Crippen molar-refractivity contribution in [2.45, 2.75) is 69.8 Å². The van der Waals surface area contributed by atoms with E-state index in [9.17, 15) is 9.90 Å². The zero-order chi connectivity index (χ0) is 21.8. The summed E-state index contributed by atoms with van der Waals surface area (Å²) in [6.45, 7) is 7.90. The van der Waals surface area contributed by atoms with Crippen LogP contribution in [0.1, 0.15) is 46.0 Å². The summed E-state index contributed by atoms with van der Waals surface area (Å²) in [7, 11) is 0. The van der Waals surface area contributed by atoms with Gasteiger partial charge in [0.2, 0.25) is 5.91 Å². The van der Waals surface area contributed by atoms with E-state index in [2.05, 4.69) is 23.6 Å². The first-order valence-corrected chi connectivity index (χ1v) is 11.8. The second-order valence-corrected chi connectivity index (χ2v) is 9.00. The van der Waals surface area contributed by atoms with Gasteiger partial charge < -0.3 is 29.1 Å². The van der Waals surface area contributed by atoms with Crippen molar-refractivity contribution in [1.82, 2.24) is 9.80 Å². The van der Waals surface area contributed by atoms with Crippen LogP contribution < -0.4 is 9.47 Å². The Morgan fingerprint density at radius 2 is 1.94 bits per heavy atom. The number of carbonyl (C=O) groups is 1. The summed E-state index contributed by atoms with van der Waals surface area (Å²) < 4.78 is 17.9. The van der Waals surface area contributed by atoms with Crippen molar-refractivity contribution in [2.24, 2.45) is 0 Å². The Balaban J connectivity index is 1.33. The van der Waals surface area contributed by atoms with E-state index in [1.54, 1.807) is 0 Å². The maximum atomic E-state index is 12.5. The average Bonchev–Trinajstić information content (AvgIpc) is 2.80. The van der Waals surface area contributed by atoms with Crippen molar-refractivity contribution in [2.75, 3.05) is 39.4 Å². The number of unbranched alkanes of at least 4 members (excludes halogenated alkanes) is 1. The molecule has 1 amide bonds. The monoisotopic (exact) mass is 432 g/mol. The van der Waals surface area contributed by atoms with Crippen LogP contribution in [-0.4, -0.2) is 84.1 Å². The van der Waals surface area contributed by atoms with E-state index in [1.807, 2.05) is 24.3 Å². The van der Waals surface area contributed by atoms with Crippen LogP contribution in [0.2, 0.25) is 0 Å². The first kappa shape index (κ1) is 22.4. The van der Waals surface area contributed by atoms with Gasteiger partial charge in [-0.05, 0) is 37.8 Å². The van der Waals surface area contributed by atoms with Gasteiger partial charge in [0.05, 0.1) is 11.6 Å². The number of piperidine rings is 1. The summed E-state index contributed by atoms with van der Waals surface area (Å²) in [6, 6.07) is 7.71. The fourth-order valence-electron chi connectivity index (χ4n) is 5.24. The van der Waals surface area contributed by atoms with Gasteiger partial charge in [-0.3, -0.25) is 4.79 Å². The predicted molar refractivity (Wildman–Crippen MR) is 117 cm³/mol. The maximum Gasteiger partial charge on any atom is 0.248 e. The Morgan fingerprint density at radius 3 is 2.65 bits per heavy atom. The van der Waals surface area contributed by atoms with Crippen LogP contribution in [-0.2, 0) is 9.53 Å². The second-order valence-electron chi connectivity index (χ2n) is 9.00. The number of aliphatic hydroxyl groups is 1. The number of carbonyl (C=O) groups excluding carboxylic acids is 1. The highest BCUT2D eigenvalue weighted by atomic mass is 16.6. The minimum absolute atomic E-state index is 0.124. The standard InChI is InChI=1S/C24H36N2O5/c1-3-5-12-26-22(4-2)24(30-17-23(26)28)10-13-25(14-11-24)15-18(27)21-16-29-19-8-6-7-9-20(19)31-21/h6-9,18,21-22,27H,3-5,10-17H2,1-2H3. The number of fused-ring (bicyclic) bond motifs is 1. The van der Waals surface area contributed by atoms with Gasteiger partial charge in [0.25, 0.3) is 0 Å². The highest BCUT2D eigenvalue weighted by molar-refractivity contribution is 5.78. The number of rotatable bonds is 7. The smallest absolute Gasteiger partial charge is 0.248 e. The van der Waals surface area contributed by atoms with Gasteiger partial charge >= 0.3 is 0 Å². The number of β-amino-alcohol motifs (C(OH)–C–C–N with tert-alkyl or cyclic N) is 1. The minimum Gasteiger partial charge on any atom is -0.486 e. The number of morpholine rings is 1. The molecule has 2 saturated heterocycles. The van der Waals surface area contributed by atoms with Gasteiger partial charge in [-0.2, -0.15) is 0 Å². The highest BCUT2D eigenvalue weighted by Gasteiger charge is 2.49. The van der Waals surface area contributed by atoms with E-state index >= 15 is 0 Å². The number of amides is 1. The molecule has 7 nitrogen and oxygen atoms in total. The molecule has 31 heavy (non-hydrogen) atoms. The molecule has 4 rings (SSSR count). The summed E-state index contributed by atoms with van der Waals surface area (Å²) in [5.74, 6) is 1.54. The molecule has 1 spiro atoms. The molecule has 7 heteroatoms. The van der Waals surface area contributed by atoms with Crippen molar-refractivity contribution >= 4 is 5.91 Å². The molecule has 0 aliphatic carbocycles. The normalized spacial score (nSPS) is 26.8. The summed E-state index contributed by atoms with van der Waals surface area (Å²) in [4.78, 5) is 16.9. The molecule has 172 valence electrons. The van der Waals surface area contributed by atoms with Crippen molar-refractivity contribution in [3.8, 4) is 11.5 Å². The molecule has 1 aromatic carbocycles. The van der Waals surface area contributed by atoms with E-state index in [1.165, 1.54) is 0 Å². The first-order valence-electron chi connectivity index (χ1n) is 11.8. The second kappa shape index (κ2) is 9.76. The topological polar surface area (TPSA) is 71.5 Å². The van der Waals surface area contributed by atoms with Crippen LogP contribution in [0.15, 0.2) is 24.3 Å². The predicted octanol–water partition coefficient (Wildman–Crippen LogP) is 2.46. The van der Waals surface area contributed by atoms with Crippen molar-refractivity contribution in [3.63, 3.8) is 0 Å². The fourth-order valence-corrected chi connectivity index (χ4v) is 5.24. The zero-order valence-corrected chi connectivity index (χ0v) is 18.8. The third kappa shape index (κ3) is 4.69. The molecule has 2 fully saturated rings. The van der Waals surface area contributed by atoms with Crippen molar-refractivity contribution in [3.05, 3.63) is 24.3 Å². The van der Waals surface area contributed by atoms with Crippen molar-refractivity contribution in [1.29, 1.82) is 0 Å². The van der Waals surface area contributed by atoms with E-state index in [-0.39, 0.29) is 30.3 Å². The molecular weight excluding hydrogens is 396 g/mol. The summed E-state index contributed by atoms with van der Waals surface area (Å²) >= 11 is 0. The van der Waals surface area contributed by atoms with Crippen molar-refractivity contribution < 1.29 is 24.1 Å². The molecule has 3 aliphatic rings. The number of ether oxygens (including phenoxy) is 3. The molecule has 0 radical (unpaired) electrons. The van der Waals surface area contributed by atoms with Crippen LogP contribution in [0.3, 0.4) is 0 Å². The van der Waals surface area contributed by atoms with Crippen LogP contribution in [0, 0.1) is 0 Å². The van der Waals surface area contributed by atoms with Gasteiger partial charge in [-0.25, -0.2) is 0 Å². The maximum absolute atomic E-state index is 12.5.